The van der Waals surface area contributed by atoms with Crippen LogP contribution in [0.4, 0.5) is 0 Å². The molecule has 2 aliphatic heterocycles. The largest absolute Gasteiger partial charge is 0.497 e. The Morgan fingerprint density at radius 1 is 0.711 bits per heavy atom. The highest BCUT2D eigenvalue weighted by molar-refractivity contribution is 5.82. The molecular formula is C29H28O9. The molecule has 2 saturated heterocycles. The molecule has 198 valence electrons. The van der Waals surface area contributed by atoms with E-state index in [0.29, 0.717) is 28.2 Å². The molecule has 5 rings (SSSR count). The van der Waals surface area contributed by atoms with Crippen LogP contribution in [-0.4, -0.2) is 65.9 Å². The lowest BCUT2D eigenvalue weighted by molar-refractivity contribution is -0.166. The number of carboxylic acid groups (broad SMARTS) is 2. The Balaban J connectivity index is 1.69. The molecule has 3 N–H and O–H groups in total. The van der Waals surface area contributed by atoms with Crippen molar-refractivity contribution in [3.63, 3.8) is 0 Å². The van der Waals surface area contributed by atoms with Crippen molar-refractivity contribution < 1.29 is 43.9 Å². The highest BCUT2D eigenvalue weighted by Crippen LogP contribution is 2.50. The second kappa shape index (κ2) is 10.1. The predicted molar refractivity (Wildman–Crippen MR) is 134 cm³/mol. The summed E-state index contributed by atoms with van der Waals surface area (Å²) in [5.41, 5.74) is 0.755. The quantitative estimate of drug-likeness (QED) is 0.364. The van der Waals surface area contributed by atoms with Gasteiger partial charge in [-0.25, -0.2) is 0 Å². The number of methoxy groups -OCH3 is 2. The van der Waals surface area contributed by atoms with Gasteiger partial charge in [-0.2, -0.15) is 0 Å². The van der Waals surface area contributed by atoms with Crippen LogP contribution in [0.25, 0.3) is 0 Å². The van der Waals surface area contributed by atoms with E-state index in [1.54, 1.807) is 38.5 Å². The molecule has 2 bridgehead atoms. The first-order valence-corrected chi connectivity index (χ1v) is 12.1. The monoisotopic (exact) mass is 520 g/mol. The van der Waals surface area contributed by atoms with Gasteiger partial charge in [-0.05, 0) is 41.0 Å². The minimum Gasteiger partial charge on any atom is -0.497 e. The highest BCUT2D eigenvalue weighted by atomic mass is 16.6. The maximum Gasteiger partial charge on any atom is 0.310 e. The number of carboxylic acids is 2. The van der Waals surface area contributed by atoms with Crippen molar-refractivity contribution in [2.45, 2.75) is 30.0 Å². The maximum atomic E-state index is 12.2. The van der Waals surface area contributed by atoms with Gasteiger partial charge in [-0.15, -0.1) is 0 Å². The number of hydrogen-bond donors (Lipinski definition) is 3. The Bertz CT molecular complexity index is 1240. The van der Waals surface area contributed by atoms with Crippen molar-refractivity contribution in [3.8, 4) is 11.5 Å². The van der Waals surface area contributed by atoms with Crippen molar-refractivity contribution in [1.29, 1.82) is 0 Å². The normalized spacial score (nSPS) is 26.2. The molecule has 2 heterocycles. The van der Waals surface area contributed by atoms with Crippen LogP contribution in [-0.2, 0) is 24.7 Å². The van der Waals surface area contributed by atoms with E-state index >= 15 is 0 Å². The summed E-state index contributed by atoms with van der Waals surface area (Å²) in [6.07, 6.45) is -4.89. The predicted octanol–water partition coefficient (Wildman–Crippen LogP) is 2.92. The Hall–Kier alpha value is -3.92. The first-order valence-electron chi connectivity index (χ1n) is 12.1. The summed E-state index contributed by atoms with van der Waals surface area (Å²) in [6, 6.07) is 23.8. The summed E-state index contributed by atoms with van der Waals surface area (Å²) < 4.78 is 23.3. The summed E-state index contributed by atoms with van der Waals surface area (Å²) in [5, 5.41) is 30.8. The number of fused-ring (bicyclic) bond motifs is 2. The van der Waals surface area contributed by atoms with Crippen molar-refractivity contribution in [2.75, 3.05) is 14.2 Å². The molecule has 38 heavy (non-hydrogen) atoms. The van der Waals surface area contributed by atoms with E-state index in [4.69, 9.17) is 18.9 Å². The zero-order chi connectivity index (χ0) is 27.0. The second-order valence-electron chi connectivity index (χ2n) is 9.37. The fraction of sp³-hybridized carbons (Fsp3) is 0.310. The third kappa shape index (κ3) is 4.09. The van der Waals surface area contributed by atoms with Crippen LogP contribution in [0.2, 0.25) is 0 Å². The summed E-state index contributed by atoms with van der Waals surface area (Å²) >= 11 is 0. The highest BCUT2D eigenvalue weighted by Gasteiger charge is 2.66. The fourth-order valence-electron chi connectivity index (χ4n) is 5.67. The number of ether oxygens (including phenoxy) is 4. The van der Waals surface area contributed by atoms with Crippen LogP contribution in [0.5, 0.6) is 11.5 Å². The summed E-state index contributed by atoms with van der Waals surface area (Å²) in [5.74, 6) is -4.16. The van der Waals surface area contributed by atoms with Gasteiger partial charge >= 0.3 is 11.9 Å². The molecule has 6 atom stereocenters. The van der Waals surface area contributed by atoms with Crippen molar-refractivity contribution in [1.82, 2.24) is 0 Å². The van der Waals surface area contributed by atoms with Crippen molar-refractivity contribution in [2.24, 2.45) is 11.8 Å². The standard InChI is InChI=1S/C29H28O9/c1-35-19-12-8-17(9-13-19)29(16-6-4-3-5-7-16,18-10-14-20(36-2)15-11-18)38-26-23(30)24-21(27(31)32)22(28(33)34)25(26)37-24/h3-15,21-26,30H,1-2H3,(H,31,32)(H,33,34)/t21-,22+,23-,24-,25+,26-/m0/s1. The fourth-order valence-corrected chi connectivity index (χ4v) is 5.67. The number of benzene rings is 3. The van der Waals surface area contributed by atoms with Gasteiger partial charge in [0.15, 0.2) is 0 Å². The zero-order valence-electron chi connectivity index (χ0n) is 20.8. The molecule has 9 heteroatoms. The number of aliphatic hydroxyl groups excluding tert-OH is 1. The number of hydrogen-bond acceptors (Lipinski definition) is 7. The van der Waals surface area contributed by atoms with Gasteiger partial charge in [0.2, 0.25) is 0 Å². The van der Waals surface area contributed by atoms with Gasteiger partial charge in [0.1, 0.15) is 53.4 Å². The minimum absolute atomic E-state index is 0.629. The topological polar surface area (TPSA) is 132 Å². The number of aliphatic hydroxyl groups is 1. The third-order valence-electron chi connectivity index (χ3n) is 7.46. The number of rotatable bonds is 9. The Morgan fingerprint density at radius 2 is 1.16 bits per heavy atom. The van der Waals surface area contributed by atoms with Crippen molar-refractivity contribution >= 4 is 11.9 Å². The van der Waals surface area contributed by atoms with Crippen molar-refractivity contribution in [3.05, 3.63) is 95.6 Å². The molecule has 0 aliphatic carbocycles. The minimum atomic E-state index is -1.39. The van der Waals surface area contributed by atoms with Crippen LogP contribution in [0, 0.1) is 11.8 Å². The van der Waals surface area contributed by atoms with E-state index in [1.165, 1.54) is 0 Å². The first kappa shape index (κ1) is 25.7. The van der Waals surface area contributed by atoms with E-state index in [2.05, 4.69) is 0 Å². The van der Waals surface area contributed by atoms with Crippen LogP contribution < -0.4 is 9.47 Å². The number of carbonyl (C=O) groups is 2. The average Bonchev–Trinajstić information content (AvgIpc) is 3.49. The molecule has 3 aromatic carbocycles. The Kier molecular flexibility index (Phi) is 6.83. The van der Waals surface area contributed by atoms with E-state index < -0.39 is 53.8 Å². The molecule has 2 aliphatic rings. The van der Waals surface area contributed by atoms with Crippen LogP contribution >= 0.6 is 0 Å². The lowest BCUT2D eigenvalue weighted by Crippen LogP contribution is -2.55. The van der Waals surface area contributed by atoms with E-state index in [9.17, 15) is 24.9 Å². The molecule has 0 aromatic heterocycles. The van der Waals surface area contributed by atoms with E-state index in [1.807, 2.05) is 54.6 Å². The summed E-state index contributed by atoms with van der Waals surface area (Å²) in [6.45, 7) is 0. The lowest BCUT2D eigenvalue weighted by atomic mass is 9.75. The van der Waals surface area contributed by atoms with Gasteiger partial charge in [-0.1, -0.05) is 54.6 Å². The van der Waals surface area contributed by atoms with Crippen LogP contribution in [0.3, 0.4) is 0 Å². The van der Waals surface area contributed by atoms with E-state index in [0.717, 1.165) is 0 Å². The molecule has 0 amide bonds. The zero-order valence-corrected chi connectivity index (χ0v) is 20.8. The van der Waals surface area contributed by atoms with Gasteiger partial charge in [-0.3, -0.25) is 9.59 Å². The molecule has 0 unspecified atom stereocenters. The third-order valence-corrected chi connectivity index (χ3v) is 7.46. The van der Waals surface area contributed by atoms with Gasteiger partial charge in [0.25, 0.3) is 0 Å². The van der Waals surface area contributed by atoms with E-state index in [-0.39, 0.29) is 0 Å². The first-order chi connectivity index (χ1) is 18.3. The maximum absolute atomic E-state index is 12.2. The number of aliphatic carboxylic acids is 2. The average molecular weight is 521 g/mol. The van der Waals surface area contributed by atoms with Gasteiger partial charge in [0.05, 0.1) is 14.2 Å². The Labute approximate surface area is 219 Å². The molecule has 0 spiro atoms. The second-order valence-corrected chi connectivity index (χ2v) is 9.37. The Morgan fingerprint density at radius 3 is 1.61 bits per heavy atom. The summed E-state index contributed by atoms with van der Waals surface area (Å²) in [4.78, 5) is 24.1. The van der Waals surface area contributed by atoms with Gasteiger partial charge < -0.3 is 34.3 Å². The molecule has 2 fully saturated rings. The molecule has 9 nitrogen and oxygen atoms in total. The van der Waals surface area contributed by atoms with Crippen LogP contribution in [0.1, 0.15) is 16.7 Å². The van der Waals surface area contributed by atoms with Gasteiger partial charge in [0, 0.05) is 0 Å². The smallest absolute Gasteiger partial charge is 0.310 e. The summed E-state index contributed by atoms with van der Waals surface area (Å²) in [7, 11) is 3.13. The molecule has 3 aromatic rings. The molecule has 0 radical (unpaired) electrons. The SMILES string of the molecule is COc1ccc(C(O[C@H]2[C@@H](O)[C@H]3O[C@@H]2[C@H](C(=O)O)[C@@H]3C(=O)O)(c2ccccc2)c2ccc(OC)cc2)cc1. The molecular weight excluding hydrogens is 492 g/mol. The molecule has 0 saturated carbocycles. The van der Waals surface area contributed by atoms with Crippen LogP contribution in [0.15, 0.2) is 78.9 Å². The lowest BCUT2D eigenvalue weighted by Gasteiger charge is -2.42.